The van der Waals surface area contributed by atoms with Gasteiger partial charge in [0.1, 0.15) is 0 Å². The van der Waals surface area contributed by atoms with Gasteiger partial charge in [-0.15, -0.1) is 0 Å². The molecule has 2 aromatic rings. The molecule has 0 bridgehead atoms. The minimum Gasteiger partial charge on any atom is -0.297 e. The van der Waals surface area contributed by atoms with Crippen LogP contribution in [0.15, 0.2) is 21.4 Å². The summed E-state index contributed by atoms with van der Waals surface area (Å²) in [5.74, 6) is 0. The molecule has 0 aliphatic rings. The van der Waals surface area contributed by atoms with Crippen molar-refractivity contribution in [2.24, 2.45) is 0 Å². The van der Waals surface area contributed by atoms with Crippen LogP contribution in [0.3, 0.4) is 0 Å². The molecule has 0 fully saturated rings. The molecule has 7 heteroatoms. The second-order valence-corrected chi connectivity index (χ2v) is 3.54. The molecule has 0 aliphatic carbocycles. The molecular weight excluding hydrogens is 254 g/mol. The first kappa shape index (κ1) is 8.95. The Morgan fingerprint density at radius 3 is 2.71 bits per heavy atom. The van der Waals surface area contributed by atoms with E-state index in [1.165, 1.54) is 12.1 Å². The van der Waals surface area contributed by atoms with Gasteiger partial charge in [-0.25, -0.2) is 0 Å². The van der Waals surface area contributed by atoms with Gasteiger partial charge in [0.05, 0.1) is 15.8 Å². The van der Waals surface area contributed by atoms with Crippen molar-refractivity contribution in [3.63, 3.8) is 0 Å². The average Bonchev–Trinajstić information content (AvgIpc) is 2.48. The first-order chi connectivity index (χ1) is 6.59. The first-order valence-corrected chi connectivity index (χ1v) is 4.43. The maximum absolute atomic E-state index is 11.2. The molecule has 14 heavy (non-hydrogen) atoms. The SMILES string of the molecule is O=c1[nH][nH]c2cc([N+](=O)[O-])cc(Br)c12. The van der Waals surface area contributed by atoms with Crippen LogP contribution in [0.4, 0.5) is 5.69 Å². The number of non-ortho nitro benzene ring substituents is 1. The number of aromatic nitrogens is 2. The van der Waals surface area contributed by atoms with Crippen molar-refractivity contribution in [1.29, 1.82) is 0 Å². The highest BCUT2D eigenvalue weighted by atomic mass is 79.9. The van der Waals surface area contributed by atoms with Crippen molar-refractivity contribution in [3.8, 4) is 0 Å². The average molecular weight is 258 g/mol. The van der Waals surface area contributed by atoms with Crippen LogP contribution in [0.1, 0.15) is 0 Å². The monoisotopic (exact) mass is 257 g/mol. The van der Waals surface area contributed by atoms with Gasteiger partial charge in [0.25, 0.3) is 11.2 Å². The van der Waals surface area contributed by atoms with Crippen molar-refractivity contribution in [2.45, 2.75) is 0 Å². The van der Waals surface area contributed by atoms with Gasteiger partial charge < -0.3 is 0 Å². The van der Waals surface area contributed by atoms with Crippen molar-refractivity contribution >= 4 is 32.5 Å². The Morgan fingerprint density at radius 2 is 2.07 bits per heavy atom. The summed E-state index contributed by atoms with van der Waals surface area (Å²) in [6, 6.07) is 2.60. The number of H-pyrrole nitrogens is 2. The van der Waals surface area contributed by atoms with Crippen molar-refractivity contribution in [2.75, 3.05) is 0 Å². The summed E-state index contributed by atoms with van der Waals surface area (Å²) in [6.45, 7) is 0. The predicted molar refractivity (Wildman–Crippen MR) is 53.3 cm³/mol. The second-order valence-electron chi connectivity index (χ2n) is 2.69. The molecule has 0 atom stereocenters. The van der Waals surface area contributed by atoms with E-state index in [9.17, 15) is 14.9 Å². The number of hydrogen-bond donors (Lipinski definition) is 2. The number of benzene rings is 1. The van der Waals surface area contributed by atoms with E-state index in [4.69, 9.17) is 0 Å². The minimum atomic E-state index is -0.518. The summed E-state index contributed by atoms with van der Waals surface area (Å²) in [5.41, 5.74) is 0.0393. The molecule has 1 aromatic carbocycles. The Labute approximate surface area is 85.2 Å². The van der Waals surface area contributed by atoms with E-state index in [0.717, 1.165) is 0 Å². The number of nitro groups is 1. The largest absolute Gasteiger partial charge is 0.297 e. The van der Waals surface area contributed by atoms with Crippen LogP contribution in [0, 0.1) is 10.1 Å². The normalized spacial score (nSPS) is 10.6. The van der Waals surface area contributed by atoms with E-state index >= 15 is 0 Å². The van der Waals surface area contributed by atoms with E-state index in [1.54, 1.807) is 0 Å². The van der Waals surface area contributed by atoms with Crippen LogP contribution in [-0.2, 0) is 0 Å². The lowest BCUT2D eigenvalue weighted by molar-refractivity contribution is -0.384. The van der Waals surface area contributed by atoms with Gasteiger partial charge in [-0.3, -0.25) is 25.1 Å². The van der Waals surface area contributed by atoms with E-state index < -0.39 is 4.92 Å². The van der Waals surface area contributed by atoms with Crippen molar-refractivity contribution in [3.05, 3.63) is 37.1 Å². The summed E-state index contributed by atoms with van der Waals surface area (Å²) in [6.07, 6.45) is 0. The number of fused-ring (bicyclic) bond motifs is 1. The summed E-state index contributed by atoms with van der Waals surface area (Å²) < 4.78 is 0.407. The Bertz CT molecular complexity index is 571. The Hall–Kier alpha value is -1.63. The fourth-order valence-corrected chi connectivity index (χ4v) is 1.84. The summed E-state index contributed by atoms with van der Waals surface area (Å²) in [4.78, 5) is 21.2. The fraction of sp³-hybridized carbons (Fsp3) is 0. The van der Waals surface area contributed by atoms with Gasteiger partial charge in [-0.05, 0) is 15.9 Å². The van der Waals surface area contributed by atoms with E-state index in [0.29, 0.717) is 15.4 Å². The number of nitrogens with zero attached hydrogens (tertiary/aromatic N) is 1. The Morgan fingerprint density at radius 1 is 1.36 bits per heavy atom. The smallest absolute Gasteiger partial charge is 0.272 e. The number of hydrogen-bond acceptors (Lipinski definition) is 3. The van der Waals surface area contributed by atoms with Crippen molar-refractivity contribution in [1.82, 2.24) is 10.2 Å². The zero-order chi connectivity index (χ0) is 10.3. The molecule has 0 saturated carbocycles. The molecule has 0 spiro atoms. The van der Waals surface area contributed by atoms with Gasteiger partial charge in [0, 0.05) is 16.6 Å². The Balaban J connectivity index is 2.87. The highest BCUT2D eigenvalue weighted by molar-refractivity contribution is 9.10. The summed E-state index contributed by atoms with van der Waals surface area (Å²) in [5, 5.41) is 15.8. The molecule has 1 heterocycles. The van der Waals surface area contributed by atoms with E-state index in [1.807, 2.05) is 0 Å². The van der Waals surface area contributed by atoms with Crippen LogP contribution in [0.2, 0.25) is 0 Å². The highest BCUT2D eigenvalue weighted by Gasteiger charge is 2.13. The van der Waals surface area contributed by atoms with Crippen LogP contribution in [-0.4, -0.2) is 15.1 Å². The maximum atomic E-state index is 11.2. The molecule has 1 aromatic heterocycles. The lowest BCUT2D eigenvalue weighted by Gasteiger charge is -1.93. The molecule has 72 valence electrons. The molecule has 0 aliphatic heterocycles. The molecule has 0 radical (unpaired) electrons. The van der Waals surface area contributed by atoms with E-state index in [-0.39, 0.29) is 11.2 Å². The number of rotatable bonds is 1. The number of aromatic amines is 2. The van der Waals surface area contributed by atoms with Gasteiger partial charge in [0.15, 0.2) is 0 Å². The minimum absolute atomic E-state index is 0.0698. The van der Waals surface area contributed by atoms with Crippen LogP contribution >= 0.6 is 15.9 Å². The molecule has 2 N–H and O–H groups in total. The molecule has 0 unspecified atom stereocenters. The third-order valence-corrected chi connectivity index (χ3v) is 2.45. The van der Waals surface area contributed by atoms with Crippen molar-refractivity contribution < 1.29 is 4.92 Å². The first-order valence-electron chi connectivity index (χ1n) is 3.64. The summed E-state index contributed by atoms with van der Waals surface area (Å²) >= 11 is 3.10. The van der Waals surface area contributed by atoms with Crippen LogP contribution in [0.5, 0.6) is 0 Å². The third-order valence-electron chi connectivity index (χ3n) is 1.82. The number of nitro benzene ring substituents is 1. The molecule has 0 saturated heterocycles. The zero-order valence-electron chi connectivity index (χ0n) is 6.70. The number of halogens is 1. The standard InChI is InChI=1S/C7H4BrN3O3/c8-4-1-3(11(13)14)2-5-6(4)7(12)10-9-5/h1-2H,(H2,9,10,12). The van der Waals surface area contributed by atoms with E-state index in [2.05, 4.69) is 26.1 Å². The second kappa shape index (κ2) is 2.95. The van der Waals surface area contributed by atoms with Crippen LogP contribution < -0.4 is 5.56 Å². The molecule has 2 rings (SSSR count). The topological polar surface area (TPSA) is 91.8 Å². The fourth-order valence-electron chi connectivity index (χ4n) is 1.21. The van der Waals surface area contributed by atoms with Gasteiger partial charge in [-0.2, -0.15) is 0 Å². The molecule has 6 nitrogen and oxygen atoms in total. The zero-order valence-corrected chi connectivity index (χ0v) is 8.29. The van der Waals surface area contributed by atoms with Crippen LogP contribution in [0.25, 0.3) is 10.9 Å². The lowest BCUT2D eigenvalue weighted by atomic mass is 10.2. The lowest BCUT2D eigenvalue weighted by Crippen LogP contribution is -1.98. The van der Waals surface area contributed by atoms with Gasteiger partial charge >= 0.3 is 0 Å². The number of nitrogens with one attached hydrogen (secondary N) is 2. The predicted octanol–water partition coefficient (Wildman–Crippen LogP) is 1.53. The summed E-state index contributed by atoms with van der Waals surface area (Å²) in [7, 11) is 0. The van der Waals surface area contributed by atoms with Gasteiger partial charge in [0.2, 0.25) is 0 Å². The maximum Gasteiger partial charge on any atom is 0.272 e. The van der Waals surface area contributed by atoms with Gasteiger partial charge in [-0.1, -0.05) is 0 Å². The highest BCUT2D eigenvalue weighted by Crippen LogP contribution is 2.25. The quantitative estimate of drug-likeness (QED) is 0.600. The molecular formula is C7H4BrN3O3. The molecule has 0 amide bonds. The third kappa shape index (κ3) is 1.22. The Kier molecular flexibility index (Phi) is 1.88.